The summed E-state index contributed by atoms with van der Waals surface area (Å²) in [5.41, 5.74) is 24.0. The van der Waals surface area contributed by atoms with Crippen LogP contribution in [0.2, 0.25) is 0 Å². The third-order valence-electron chi connectivity index (χ3n) is 14.0. The molecule has 0 spiro atoms. The summed E-state index contributed by atoms with van der Waals surface area (Å²) in [6, 6.07) is 31.9. The van der Waals surface area contributed by atoms with Gasteiger partial charge in [0, 0.05) is 86.6 Å². The first kappa shape index (κ1) is 49.8. The maximum absolute atomic E-state index is 8.23. The molecule has 4 aromatic heterocycles. The highest BCUT2D eigenvalue weighted by Gasteiger charge is 2.20. The fourth-order valence-corrected chi connectivity index (χ4v) is 9.70. The van der Waals surface area contributed by atoms with Crippen LogP contribution in [-0.2, 0) is 28.2 Å². The van der Waals surface area contributed by atoms with Crippen LogP contribution >= 0.6 is 0 Å². The largest absolute Gasteiger partial charge is 0.212 e. The summed E-state index contributed by atoms with van der Waals surface area (Å²) in [5, 5.41) is 0. The molecule has 0 aliphatic carbocycles. The number of pyridine rings is 4. The van der Waals surface area contributed by atoms with Crippen LogP contribution in [0.25, 0.3) is 45.0 Å². The van der Waals surface area contributed by atoms with E-state index in [4.69, 9.17) is 17.8 Å². The number of aromatic nitrogens is 4. The van der Waals surface area contributed by atoms with Crippen molar-refractivity contribution in [2.24, 2.45) is 28.2 Å². The molecule has 0 aliphatic rings. The Labute approximate surface area is 497 Å². The van der Waals surface area contributed by atoms with E-state index in [2.05, 4.69) is 153 Å². The Morgan fingerprint density at radius 1 is 0.333 bits per heavy atom. The molecule has 78 heavy (non-hydrogen) atoms. The Kier molecular flexibility index (Phi) is 19.1. The average Bonchev–Trinajstić information content (AvgIpc) is 0.872. The Hall–Kier alpha value is -6.52. The van der Waals surface area contributed by atoms with Crippen molar-refractivity contribution in [1.82, 2.24) is 0 Å². The third-order valence-corrected chi connectivity index (χ3v) is 14.0. The van der Waals surface area contributed by atoms with Crippen molar-refractivity contribution in [1.29, 1.82) is 0 Å². The van der Waals surface area contributed by atoms with Gasteiger partial charge in [-0.1, -0.05) is 136 Å². The molecular formula is C74H108N4+4. The number of nitrogens with zero attached hydrogens (tertiary/aromatic N) is 4. The standard InChI is InChI=1S/3C18H24N.C16H20N.4CH4/c1-12(2)16-7-8-17(14(4)9-16)18-10-13(3)15(5)11-19(18)6;1-12(2)17-10-18(19(6)11-15(17)5)16-8-7-13(3)9-14(16)4;1-12(2)17-11-19(6)18(10-15(17)5)16-8-7-13(3)9-14(16)4;1-11-6-7-15(13(3)8-11)16-9-12(2)14(4)10-17(16)5;;;;/h3*7-12H,1-6H3;6-10H,1-5H3;4*1H4/q4*+1;;;;/i1D3,5D3,12D;;;1D3,4D3;;;;. The van der Waals surface area contributed by atoms with E-state index >= 15 is 0 Å². The SMILES string of the molecule is C.C.C.C.Cc1ccc(-c2cc(C(C)C)c(C)c[n+]2C)c(C)c1.Cc1ccc(-c2cc(C)c(C(C)C)c[n+]2C)c(C)c1.[2H]C([2H])([2H])c1c[n+](C)c(-c2ccc(C([2H])(C)C([2H])([2H])[2H])cc2C)cc1C.[2H]C([2H])([2H])c1ccc(-c2cc(C)c(C([2H])([2H])[2H])c[n+]2C)c(C)c1. The first-order valence-corrected chi connectivity index (χ1v) is 25.8. The lowest BCUT2D eigenvalue weighted by molar-refractivity contribution is -0.661. The smallest absolute Gasteiger partial charge is 0.201 e. The van der Waals surface area contributed by atoms with E-state index in [-0.39, 0.29) is 29.7 Å². The van der Waals surface area contributed by atoms with E-state index in [1.165, 1.54) is 73.9 Å². The predicted octanol–water partition coefficient (Wildman–Crippen LogP) is 18.6. The maximum Gasteiger partial charge on any atom is 0.212 e. The van der Waals surface area contributed by atoms with Crippen LogP contribution in [0.15, 0.2) is 122 Å². The fraction of sp³-hybridized carbons (Fsp3) is 0.405. The number of aryl methyl sites for hydroxylation is 17. The van der Waals surface area contributed by atoms with Crippen molar-refractivity contribution in [2.75, 3.05) is 0 Å². The van der Waals surface area contributed by atoms with Gasteiger partial charge in [0.2, 0.25) is 22.8 Å². The summed E-state index contributed by atoms with van der Waals surface area (Å²) in [6.07, 6.45) is 7.75. The zero-order valence-corrected chi connectivity index (χ0v) is 48.0. The summed E-state index contributed by atoms with van der Waals surface area (Å²) in [7, 11) is 7.85. The molecule has 8 aromatic rings. The van der Waals surface area contributed by atoms with Crippen LogP contribution < -0.4 is 18.3 Å². The fourth-order valence-electron chi connectivity index (χ4n) is 9.70. The van der Waals surface area contributed by atoms with Gasteiger partial charge in [-0.3, -0.25) is 0 Å². The minimum Gasteiger partial charge on any atom is -0.201 e. The normalized spacial score (nSPS) is 14.3. The average molecular weight is 1070 g/mol. The minimum atomic E-state index is -2.43. The van der Waals surface area contributed by atoms with E-state index in [9.17, 15) is 0 Å². The van der Waals surface area contributed by atoms with Crippen LogP contribution in [0, 0.1) is 89.8 Å². The van der Waals surface area contributed by atoms with Crippen LogP contribution in [0.5, 0.6) is 0 Å². The van der Waals surface area contributed by atoms with Crippen molar-refractivity contribution in [3.8, 4) is 45.0 Å². The highest BCUT2D eigenvalue weighted by atomic mass is 14.9. The van der Waals surface area contributed by atoms with E-state index in [0.717, 1.165) is 33.6 Å². The lowest BCUT2D eigenvalue weighted by Gasteiger charge is -2.12. The number of hydrogen-bond donors (Lipinski definition) is 0. The van der Waals surface area contributed by atoms with Gasteiger partial charge in [-0.05, 0) is 182 Å². The highest BCUT2D eigenvalue weighted by molar-refractivity contribution is 5.65. The Morgan fingerprint density at radius 3 is 1.05 bits per heavy atom. The summed E-state index contributed by atoms with van der Waals surface area (Å²) in [4.78, 5) is 0. The molecule has 8 rings (SSSR count). The topological polar surface area (TPSA) is 15.5 Å². The summed E-state index contributed by atoms with van der Waals surface area (Å²) in [6.45, 7) is 21.9. The highest BCUT2D eigenvalue weighted by Crippen LogP contribution is 2.29. The molecule has 0 bridgehead atoms. The molecular weight excluding hydrogens is 945 g/mol. The first-order valence-electron chi connectivity index (χ1n) is 32.3. The third kappa shape index (κ3) is 17.2. The van der Waals surface area contributed by atoms with Gasteiger partial charge in [0.15, 0.2) is 24.8 Å². The second kappa shape index (κ2) is 30.0. The van der Waals surface area contributed by atoms with Crippen LogP contribution in [-0.4, -0.2) is 0 Å². The van der Waals surface area contributed by atoms with Gasteiger partial charge in [0.25, 0.3) is 0 Å². The van der Waals surface area contributed by atoms with Gasteiger partial charge in [-0.2, -0.15) is 0 Å². The van der Waals surface area contributed by atoms with Gasteiger partial charge in [0.05, 0.1) is 0 Å². The number of benzene rings is 4. The molecule has 0 aliphatic heterocycles. The van der Waals surface area contributed by atoms with E-state index in [1.807, 2.05) is 26.0 Å². The van der Waals surface area contributed by atoms with E-state index in [1.54, 1.807) is 85.9 Å². The van der Waals surface area contributed by atoms with E-state index in [0.29, 0.717) is 45.2 Å². The molecule has 1 unspecified atom stereocenters. The first-order chi connectivity index (χ1) is 39.9. The summed E-state index contributed by atoms with van der Waals surface area (Å²) >= 11 is 0. The van der Waals surface area contributed by atoms with Gasteiger partial charge in [-0.25, -0.2) is 18.3 Å². The summed E-state index contributed by atoms with van der Waals surface area (Å²) < 4.78 is 107. The molecule has 4 nitrogen and oxygen atoms in total. The molecule has 4 heteroatoms. The molecule has 0 saturated carbocycles. The zero-order chi connectivity index (χ0) is 66.0. The molecule has 4 heterocycles. The Bertz CT molecular complexity index is 3790. The Morgan fingerprint density at radius 2 is 0.679 bits per heavy atom. The molecule has 0 N–H and O–H groups in total. The predicted molar refractivity (Wildman–Crippen MR) is 343 cm³/mol. The number of hydrogen-bond acceptors (Lipinski definition) is 0. The quantitative estimate of drug-likeness (QED) is 0.141. The molecule has 0 amide bonds. The van der Waals surface area contributed by atoms with Crippen LogP contribution in [0.1, 0.15) is 196 Å². The number of rotatable bonds is 7. The maximum atomic E-state index is 8.23. The lowest BCUT2D eigenvalue weighted by Crippen LogP contribution is -2.32. The summed E-state index contributed by atoms with van der Waals surface area (Å²) in [5.74, 6) is -0.565. The van der Waals surface area contributed by atoms with Crippen molar-refractivity contribution in [2.45, 2.75) is 179 Å². The van der Waals surface area contributed by atoms with Gasteiger partial charge in [-0.15, -0.1) is 0 Å². The van der Waals surface area contributed by atoms with Crippen LogP contribution in [0.3, 0.4) is 0 Å². The molecule has 0 radical (unpaired) electrons. The molecule has 0 saturated heterocycles. The molecule has 1 atom stereocenters. The van der Waals surface area contributed by atoms with Crippen molar-refractivity contribution >= 4 is 0 Å². The molecule has 420 valence electrons. The second-order valence-electron chi connectivity index (χ2n) is 21.2. The van der Waals surface area contributed by atoms with E-state index < -0.39 is 33.3 Å². The van der Waals surface area contributed by atoms with Gasteiger partial charge in [0.1, 0.15) is 28.2 Å². The molecule has 4 aromatic carbocycles. The van der Waals surface area contributed by atoms with Gasteiger partial charge < -0.3 is 0 Å². The minimum absolute atomic E-state index is 0. The molecule has 0 fully saturated rings. The Balaban J connectivity index is 0.000000602. The lowest BCUT2D eigenvalue weighted by atomic mass is 9.95. The van der Waals surface area contributed by atoms with Crippen molar-refractivity contribution < 1.29 is 36.1 Å². The van der Waals surface area contributed by atoms with Crippen molar-refractivity contribution in [3.63, 3.8) is 0 Å². The zero-order valence-electron chi connectivity index (χ0n) is 61.0. The van der Waals surface area contributed by atoms with Gasteiger partial charge >= 0.3 is 0 Å². The van der Waals surface area contributed by atoms with Crippen molar-refractivity contribution in [3.05, 3.63) is 211 Å². The second-order valence-corrected chi connectivity index (χ2v) is 21.2. The van der Waals surface area contributed by atoms with Crippen LogP contribution in [0.4, 0.5) is 0 Å². The monoisotopic (exact) mass is 1070 g/mol.